The lowest BCUT2D eigenvalue weighted by molar-refractivity contribution is 0.137. The number of fused-ring (bicyclic) bond motifs is 1. The van der Waals surface area contributed by atoms with Gasteiger partial charge in [0.2, 0.25) is 0 Å². The number of aryl methyl sites for hydroxylation is 2. The number of rotatable bonds is 4. The van der Waals surface area contributed by atoms with Crippen molar-refractivity contribution in [1.29, 1.82) is 0 Å². The summed E-state index contributed by atoms with van der Waals surface area (Å²) in [5.74, 6) is 0.552. The Morgan fingerprint density at radius 1 is 1.33 bits per heavy atom. The number of pyridine rings is 1. The maximum Gasteiger partial charge on any atom is 0.155 e. The quantitative estimate of drug-likeness (QED) is 0.711. The Balaban J connectivity index is 0.00000210. The molecule has 0 spiro atoms. The van der Waals surface area contributed by atoms with Gasteiger partial charge in [-0.25, -0.2) is 14.4 Å². The molecule has 0 radical (unpaired) electrons. The van der Waals surface area contributed by atoms with Crippen molar-refractivity contribution in [1.82, 2.24) is 30.0 Å². The number of halogens is 2. The monoisotopic (exact) mass is 391 g/mol. The smallest absolute Gasteiger partial charge is 0.155 e. The highest BCUT2D eigenvalue weighted by atomic mass is 35.5. The van der Waals surface area contributed by atoms with Gasteiger partial charge in [0.15, 0.2) is 5.82 Å². The lowest BCUT2D eigenvalue weighted by Crippen LogP contribution is -2.46. The molecular weight excluding hydrogens is 369 g/mol. The average Bonchev–Trinajstić information content (AvgIpc) is 2.98. The van der Waals surface area contributed by atoms with E-state index in [2.05, 4.69) is 25.7 Å². The molecule has 0 saturated carbocycles. The van der Waals surface area contributed by atoms with Gasteiger partial charge in [-0.3, -0.25) is 9.67 Å². The largest absolute Gasteiger partial charge is 0.365 e. The summed E-state index contributed by atoms with van der Waals surface area (Å²) in [6.07, 6.45) is 6.57. The van der Waals surface area contributed by atoms with Crippen molar-refractivity contribution in [2.45, 2.75) is 25.4 Å². The van der Waals surface area contributed by atoms with Gasteiger partial charge >= 0.3 is 0 Å². The van der Waals surface area contributed by atoms with E-state index >= 15 is 0 Å². The fraction of sp³-hybridized carbons (Fsp3) is 0.444. The number of nitrogens with zero attached hydrogens (tertiary/aromatic N) is 5. The van der Waals surface area contributed by atoms with E-state index in [-0.39, 0.29) is 19.0 Å². The summed E-state index contributed by atoms with van der Waals surface area (Å²) in [6.45, 7) is 3.35. The van der Waals surface area contributed by atoms with E-state index in [0.29, 0.717) is 24.3 Å². The first-order chi connectivity index (χ1) is 12.5. The molecule has 4 heterocycles. The first kappa shape index (κ1) is 19.4. The van der Waals surface area contributed by atoms with Crippen LogP contribution in [0, 0.1) is 6.92 Å². The van der Waals surface area contributed by atoms with Crippen LogP contribution in [0.3, 0.4) is 0 Å². The molecule has 9 heteroatoms. The van der Waals surface area contributed by atoms with Gasteiger partial charge in [-0.15, -0.1) is 12.4 Å². The number of hydrogen-bond acceptors (Lipinski definition) is 6. The third-order valence-electron chi connectivity index (χ3n) is 4.74. The van der Waals surface area contributed by atoms with Crippen LogP contribution in [0.15, 0.2) is 24.7 Å². The van der Waals surface area contributed by atoms with Crippen LogP contribution in [0.5, 0.6) is 0 Å². The van der Waals surface area contributed by atoms with Gasteiger partial charge in [-0.05, 0) is 32.4 Å². The van der Waals surface area contributed by atoms with Crippen molar-refractivity contribution >= 4 is 29.3 Å². The predicted octanol–water partition coefficient (Wildman–Crippen LogP) is 2.66. The molecule has 1 fully saturated rings. The highest BCUT2D eigenvalue weighted by Gasteiger charge is 2.31. The fourth-order valence-electron chi connectivity index (χ4n) is 3.41. The molecule has 2 N–H and O–H groups in total. The van der Waals surface area contributed by atoms with Crippen molar-refractivity contribution < 1.29 is 4.39 Å². The van der Waals surface area contributed by atoms with Crippen LogP contribution in [0.1, 0.15) is 18.5 Å². The van der Waals surface area contributed by atoms with E-state index in [9.17, 15) is 4.39 Å². The lowest BCUT2D eigenvalue weighted by Gasteiger charge is -2.30. The first-order valence-corrected chi connectivity index (χ1v) is 8.80. The second-order valence-electron chi connectivity index (χ2n) is 6.87. The molecule has 0 bridgehead atoms. The van der Waals surface area contributed by atoms with E-state index < -0.39 is 5.67 Å². The standard InChI is InChI=1S/C18H22FN7.ClH/c1-12-13(9-26(2)25-12)14-8-15-16(22-7-6-21-15)17(24-14)23-11-18(19)4-3-5-20-10-18;/h6-9,20H,3-5,10-11H2,1-2H3,(H,23,24);1H/t18-;/m0./s1. The second-order valence-corrected chi connectivity index (χ2v) is 6.87. The summed E-state index contributed by atoms with van der Waals surface area (Å²) in [5, 5.41) is 10.7. The van der Waals surface area contributed by atoms with Crippen LogP contribution >= 0.6 is 12.4 Å². The van der Waals surface area contributed by atoms with Gasteiger partial charge in [0.05, 0.1) is 23.4 Å². The number of anilines is 1. The van der Waals surface area contributed by atoms with E-state index in [1.165, 1.54) is 0 Å². The van der Waals surface area contributed by atoms with Gasteiger partial charge in [0, 0.05) is 37.7 Å². The third kappa shape index (κ3) is 4.01. The zero-order valence-electron chi connectivity index (χ0n) is 15.4. The Morgan fingerprint density at radius 2 is 2.15 bits per heavy atom. The van der Waals surface area contributed by atoms with Crippen LogP contribution in [0.4, 0.5) is 10.2 Å². The second kappa shape index (κ2) is 7.74. The topological polar surface area (TPSA) is 80.5 Å². The van der Waals surface area contributed by atoms with Gasteiger partial charge in [-0.2, -0.15) is 5.10 Å². The SMILES string of the molecule is Cc1nn(C)cc1-c1cc2nccnc2c(NC[C@]2(F)CCCNC2)n1.Cl. The minimum absolute atomic E-state index is 0. The molecule has 1 aliphatic rings. The molecule has 3 aromatic heterocycles. The number of aromatic nitrogens is 5. The zero-order valence-corrected chi connectivity index (χ0v) is 16.2. The zero-order chi connectivity index (χ0) is 18.1. The minimum atomic E-state index is -1.28. The molecule has 4 rings (SSSR count). The van der Waals surface area contributed by atoms with Crippen LogP contribution in [-0.4, -0.2) is 50.0 Å². The molecule has 0 amide bonds. The number of hydrogen-bond donors (Lipinski definition) is 2. The molecular formula is C18H23ClFN7. The molecule has 27 heavy (non-hydrogen) atoms. The fourth-order valence-corrected chi connectivity index (χ4v) is 3.41. The average molecular weight is 392 g/mol. The van der Waals surface area contributed by atoms with E-state index in [0.717, 1.165) is 35.4 Å². The van der Waals surface area contributed by atoms with E-state index in [1.54, 1.807) is 17.1 Å². The molecule has 0 unspecified atom stereocenters. The highest BCUT2D eigenvalue weighted by Crippen LogP contribution is 2.28. The van der Waals surface area contributed by atoms with Crippen molar-refractivity contribution in [3.8, 4) is 11.3 Å². The number of piperidine rings is 1. The van der Waals surface area contributed by atoms with Gasteiger partial charge in [0.1, 0.15) is 11.2 Å². The molecule has 1 saturated heterocycles. The third-order valence-corrected chi connectivity index (χ3v) is 4.74. The Hall–Kier alpha value is -2.32. The van der Waals surface area contributed by atoms with Crippen molar-refractivity contribution in [2.75, 3.05) is 25.0 Å². The molecule has 1 aliphatic heterocycles. The molecule has 1 atom stereocenters. The van der Waals surface area contributed by atoms with Crippen molar-refractivity contribution in [3.63, 3.8) is 0 Å². The molecule has 0 aliphatic carbocycles. The summed E-state index contributed by atoms with van der Waals surface area (Å²) < 4.78 is 16.7. The van der Waals surface area contributed by atoms with E-state index in [1.807, 2.05) is 26.2 Å². The van der Waals surface area contributed by atoms with Crippen LogP contribution in [0.25, 0.3) is 22.3 Å². The number of alkyl halides is 1. The molecule has 7 nitrogen and oxygen atoms in total. The first-order valence-electron chi connectivity index (χ1n) is 8.80. The number of nitrogens with one attached hydrogen (secondary N) is 2. The predicted molar refractivity (Wildman–Crippen MR) is 106 cm³/mol. The normalized spacial score (nSPS) is 19.7. The van der Waals surface area contributed by atoms with Crippen molar-refractivity contribution in [2.24, 2.45) is 7.05 Å². The van der Waals surface area contributed by atoms with Crippen LogP contribution in [0.2, 0.25) is 0 Å². The van der Waals surface area contributed by atoms with E-state index in [4.69, 9.17) is 4.98 Å². The Morgan fingerprint density at radius 3 is 2.85 bits per heavy atom. The van der Waals surface area contributed by atoms with Gasteiger partial charge < -0.3 is 10.6 Å². The Bertz CT molecular complexity index is 937. The summed E-state index contributed by atoms with van der Waals surface area (Å²) in [4.78, 5) is 13.5. The van der Waals surface area contributed by atoms with Gasteiger partial charge in [-0.1, -0.05) is 0 Å². The van der Waals surface area contributed by atoms with Crippen molar-refractivity contribution in [3.05, 3.63) is 30.4 Å². The highest BCUT2D eigenvalue weighted by molar-refractivity contribution is 5.88. The Kier molecular flexibility index (Phi) is 5.57. The molecule has 0 aromatic carbocycles. The minimum Gasteiger partial charge on any atom is -0.365 e. The summed E-state index contributed by atoms with van der Waals surface area (Å²) >= 11 is 0. The van der Waals surface area contributed by atoms with Crippen LogP contribution < -0.4 is 10.6 Å². The maximum atomic E-state index is 14.9. The molecule has 144 valence electrons. The summed E-state index contributed by atoms with van der Waals surface area (Å²) in [7, 11) is 1.87. The molecule has 3 aromatic rings. The maximum absolute atomic E-state index is 14.9. The van der Waals surface area contributed by atoms with Crippen LogP contribution in [-0.2, 0) is 7.05 Å². The summed E-state index contributed by atoms with van der Waals surface area (Å²) in [5.41, 5.74) is 2.64. The lowest BCUT2D eigenvalue weighted by atomic mass is 9.96. The Labute approximate surface area is 163 Å². The summed E-state index contributed by atoms with van der Waals surface area (Å²) in [6, 6.07) is 1.89. The van der Waals surface area contributed by atoms with Gasteiger partial charge in [0.25, 0.3) is 0 Å².